The first-order valence-corrected chi connectivity index (χ1v) is 11.1. The molecule has 3 aliphatic rings. The van der Waals surface area contributed by atoms with Gasteiger partial charge in [0.1, 0.15) is 5.60 Å². The molecule has 1 aliphatic heterocycles. The number of amides is 1. The van der Waals surface area contributed by atoms with Gasteiger partial charge in [-0.2, -0.15) is 0 Å². The molecule has 2 heterocycles. The zero-order chi connectivity index (χ0) is 21.1. The molecule has 2 saturated carbocycles. The predicted octanol–water partition coefficient (Wildman–Crippen LogP) is 4.29. The molecular formula is C24H31N3O3. The third-order valence-corrected chi connectivity index (χ3v) is 7.30. The summed E-state index contributed by atoms with van der Waals surface area (Å²) in [6.07, 6.45) is 7.83. The molecule has 6 nitrogen and oxygen atoms in total. The van der Waals surface area contributed by atoms with Crippen LogP contribution in [0.4, 0.5) is 4.79 Å². The zero-order valence-corrected chi connectivity index (χ0v) is 18.0. The number of ether oxygens (including phenoxy) is 1. The first-order chi connectivity index (χ1) is 14.3. The van der Waals surface area contributed by atoms with E-state index in [1.807, 2.05) is 33.3 Å². The van der Waals surface area contributed by atoms with Crippen molar-refractivity contribution in [1.82, 2.24) is 14.9 Å². The van der Waals surface area contributed by atoms with Crippen LogP contribution in [-0.2, 0) is 4.74 Å². The van der Waals surface area contributed by atoms with E-state index in [0.29, 0.717) is 0 Å². The third kappa shape index (κ3) is 3.13. The number of benzene rings is 1. The van der Waals surface area contributed by atoms with Crippen molar-refractivity contribution in [3.63, 3.8) is 0 Å². The Labute approximate surface area is 177 Å². The number of fused-ring (bicyclic) bond motifs is 3. The summed E-state index contributed by atoms with van der Waals surface area (Å²) < 4.78 is 7.63. The molecule has 2 fully saturated rings. The standard InChI is InChI=1S/C24H31N3O3/c1-23(2,3)30-22(29)26-15-8-10-24(11-9-15)12-18(21(24)28)20-17-7-5-4-6-16(17)19-13-25-14-27(19)20/h4-7,13-15,18,20-21,28H,8-12H2,1-3H3,(H,26,29)/t15?,18-,20+,21+,24?/m0/s1. The summed E-state index contributed by atoms with van der Waals surface area (Å²) in [6, 6.07) is 8.78. The van der Waals surface area contributed by atoms with E-state index in [0.717, 1.165) is 37.8 Å². The molecule has 2 aromatic rings. The van der Waals surface area contributed by atoms with Crippen molar-refractivity contribution in [3.05, 3.63) is 42.4 Å². The summed E-state index contributed by atoms with van der Waals surface area (Å²) in [5.74, 6) is 0.206. The van der Waals surface area contributed by atoms with Crippen LogP contribution in [0.2, 0.25) is 0 Å². The van der Waals surface area contributed by atoms with Crippen LogP contribution >= 0.6 is 0 Å². The molecule has 1 amide bonds. The quantitative estimate of drug-likeness (QED) is 0.776. The number of aliphatic hydroxyl groups is 1. The normalized spacial score (nSPS) is 32.3. The Morgan fingerprint density at radius 3 is 2.70 bits per heavy atom. The van der Waals surface area contributed by atoms with Crippen LogP contribution in [0.3, 0.4) is 0 Å². The van der Waals surface area contributed by atoms with Crippen molar-refractivity contribution in [2.24, 2.45) is 11.3 Å². The summed E-state index contributed by atoms with van der Waals surface area (Å²) in [6.45, 7) is 5.63. The second-order valence-corrected chi connectivity index (χ2v) is 10.3. The van der Waals surface area contributed by atoms with Crippen LogP contribution in [-0.4, -0.2) is 38.5 Å². The van der Waals surface area contributed by atoms with Gasteiger partial charge in [-0.1, -0.05) is 24.3 Å². The van der Waals surface area contributed by atoms with Gasteiger partial charge in [-0.15, -0.1) is 0 Å². The zero-order valence-electron chi connectivity index (χ0n) is 18.0. The molecule has 0 saturated heterocycles. The maximum absolute atomic E-state index is 12.1. The Kier molecular flexibility index (Phi) is 4.47. The van der Waals surface area contributed by atoms with Gasteiger partial charge in [0, 0.05) is 17.5 Å². The molecule has 0 unspecified atom stereocenters. The van der Waals surface area contributed by atoms with Crippen molar-refractivity contribution < 1.29 is 14.6 Å². The summed E-state index contributed by atoms with van der Waals surface area (Å²) in [5.41, 5.74) is 3.18. The predicted molar refractivity (Wildman–Crippen MR) is 114 cm³/mol. The topological polar surface area (TPSA) is 76.4 Å². The number of aromatic nitrogens is 2. The SMILES string of the molecule is CC(C)(C)OC(=O)NC1CCC2(CC1)C[C@@H]([C@H]1c3ccccc3-c3cncn31)[C@H]2O. The van der Waals surface area contributed by atoms with Crippen LogP contribution in [0.25, 0.3) is 11.3 Å². The molecule has 1 aromatic heterocycles. The van der Waals surface area contributed by atoms with Gasteiger partial charge >= 0.3 is 6.09 Å². The number of nitrogens with one attached hydrogen (secondary N) is 1. The second kappa shape index (κ2) is 6.84. The largest absolute Gasteiger partial charge is 0.444 e. The van der Waals surface area contributed by atoms with E-state index in [4.69, 9.17) is 4.74 Å². The first-order valence-electron chi connectivity index (χ1n) is 11.1. The number of nitrogens with zero attached hydrogens (tertiary/aromatic N) is 2. The molecule has 2 N–H and O–H groups in total. The monoisotopic (exact) mass is 409 g/mol. The van der Waals surface area contributed by atoms with Crippen LogP contribution in [0.1, 0.15) is 64.5 Å². The molecule has 5 rings (SSSR count). The summed E-state index contributed by atoms with van der Waals surface area (Å²) >= 11 is 0. The Bertz CT molecular complexity index is 953. The lowest BCUT2D eigenvalue weighted by atomic mass is 9.51. The van der Waals surface area contributed by atoms with Gasteiger partial charge in [0.15, 0.2) is 0 Å². The highest BCUT2D eigenvalue weighted by atomic mass is 16.6. The van der Waals surface area contributed by atoms with E-state index in [9.17, 15) is 9.90 Å². The number of rotatable bonds is 2. The fraction of sp³-hybridized carbons (Fsp3) is 0.583. The lowest BCUT2D eigenvalue weighted by Gasteiger charge is -2.57. The van der Waals surface area contributed by atoms with Gasteiger partial charge in [-0.05, 0) is 63.9 Å². The molecule has 2 aliphatic carbocycles. The van der Waals surface area contributed by atoms with E-state index in [1.165, 1.54) is 11.1 Å². The minimum atomic E-state index is -0.485. The summed E-state index contributed by atoms with van der Waals surface area (Å²) in [7, 11) is 0. The van der Waals surface area contributed by atoms with Crippen LogP contribution < -0.4 is 5.32 Å². The number of aliphatic hydroxyl groups excluding tert-OH is 1. The first kappa shape index (κ1) is 19.6. The molecular weight excluding hydrogens is 378 g/mol. The minimum Gasteiger partial charge on any atom is -0.444 e. The Morgan fingerprint density at radius 2 is 2.00 bits per heavy atom. The molecule has 0 radical (unpaired) electrons. The summed E-state index contributed by atoms with van der Waals surface area (Å²) in [4.78, 5) is 16.4. The van der Waals surface area contributed by atoms with E-state index < -0.39 is 5.60 Å². The minimum absolute atomic E-state index is 0.0188. The fourth-order valence-corrected chi connectivity index (χ4v) is 5.90. The Morgan fingerprint density at radius 1 is 1.27 bits per heavy atom. The van der Waals surface area contributed by atoms with Gasteiger partial charge in [0.25, 0.3) is 0 Å². The Balaban J connectivity index is 1.24. The van der Waals surface area contributed by atoms with E-state index in [-0.39, 0.29) is 35.6 Å². The van der Waals surface area contributed by atoms with Crippen molar-refractivity contribution in [3.8, 4) is 11.3 Å². The van der Waals surface area contributed by atoms with Gasteiger partial charge in [0.05, 0.1) is 30.4 Å². The third-order valence-electron chi connectivity index (χ3n) is 7.30. The summed E-state index contributed by atoms with van der Waals surface area (Å²) in [5, 5.41) is 14.3. The lowest BCUT2D eigenvalue weighted by molar-refractivity contribution is -0.152. The molecule has 30 heavy (non-hydrogen) atoms. The van der Waals surface area contributed by atoms with E-state index in [1.54, 1.807) is 0 Å². The number of hydrogen-bond acceptors (Lipinski definition) is 4. The van der Waals surface area contributed by atoms with Gasteiger partial charge < -0.3 is 19.7 Å². The fourth-order valence-electron chi connectivity index (χ4n) is 5.90. The van der Waals surface area contributed by atoms with Crippen molar-refractivity contribution in [1.29, 1.82) is 0 Å². The number of alkyl carbamates (subject to hydrolysis) is 1. The van der Waals surface area contributed by atoms with Gasteiger partial charge in [-0.25, -0.2) is 9.78 Å². The van der Waals surface area contributed by atoms with Crippen molar-refractivity contribution in [2.75, 3.05) is 0 Å². The maximum atomic E-state index is 12.1. The Hall–Kier alpha value is -2.34. The molecule has 0 bridgehead atoms. The number of imidazole rings is 1. The van der Waals surface area contributed by atoms with Crippen LogP contribution in [0.15, 0.2) is 36.8 Å². The number of carbonyl (C=O) groups excluding carboxylic acids is 1. The van der Waals surface area contributed by atoms with Crippen LogP contribution in [0.5, 0.6) is 0 Å². The highest BCUT2D eigenvalue weighted by Gasteiger charge is 2.57. The molecule has 160 valence electrons. The lowest BCUT2D eigenvalue weighted by Crippen LogP contribution is -2.58. The van der Waals surface area contributed by atoms with Crippen LogP contribution in [0, 0.1) is 11.3 Å². The second-order valence-electron chi connectivity index (χ2n) is 10.3. The van der Waals surface area contributed by atoms with E-state index >= 15 is 0 Å². The maximum Gasteiger partial charge on any atom is 0.407 e. The highest BCUT2D eigenvalue weighted by Crippen LogP contribution is 2.60. The van der Waals surface area contributed by atoms with Gasteiger partial charge in [-0.3, -0.25) is 0 Å². The average molecular weight is 410 g/mol. The molecule has 6 heteroatoms. The average Bonchev–Trinajstić information content (AvgIpc) is 3.27. The number of carbonyl (C=O) groups is 1. The van der Waals surface area contributed by atoms with Crippen molar-refractivity contribution in [2.45, 2.75) is 76.7 Å². The number of hydrogen-bond donors (Lipinski definition) is 2. The van der Waals surface area contributed by atoms with Crippen molar-refractivity contribution >= 4 is 6.09 Å². The highest BCUT2D eigenvalue weighted by molar-refractivity contribution is 5.69. The van der Waals surface area contributed by atoms with E-state index in [2.05, 4.69) is 39.1 Å². The molecule has 1 spiro atoms. The molecule has 1 aromatic carbocycles. The van der Waals surface area contributed by atoms with Gasteiger partial charge in [0.2, 0.25) is 0 Å². The molecule has 3 atom stereocenters. The smallest absolute Gasteiger partial charge is 0.407 e.